The van der Waals surface area contributed by atoms with Crippen LogP contribution >= 0.6 is 0 Å². The number of nitrogens with zero attached hydrogens (tertiary/aromatic N) is 2. The molecule has 0 spiro atoms. The Morgan fingerprint density at radius 3 is 2.17 bits per heavy atom. The molecule has 0 bridgehead atoms. The summed E-state index contributed by atoms with van der Waals surface area (Å²) < 4.78 is 2.51. The Kier molecular flexibility index (Phi) is 11.3. The Labute approximate surface area is 286 Å². The number of benzene rings is 4. The molecule has 1 amide bonds. The van der Waals surface area contributed by atoms with E-state index in [1.807, 2.05) is 54.6 Å². The van der Waals surface area contributed by atoms with Crippen LogP contribution in [0.25, 0.3) is 22.0 Å². The highest BCUT2D eigenvalue weighted by atomic mass is 16.3. The van der Waals surface area contributed by atoms with Crippen molar-refractivity contribution in [2.75, 3.05) is 25.0 Å². The van der Waals surface area contributed by atoms with Gasteiger partial charge in [0, 0.05) is 53.1 Å². The molecule has 0 aliphatic rings. The fourth-order valence-corrected chi connectivity index (χ4v) is 6.70. The van der Waals surface area contributed by atoms with E-state index in [-0.39, 0.29) is 17.4 Å². The smallest absolute Gasteiger partial charge is 0.255 e. The average Bonchev–Trinajstić information content (AvgIpc) is 3.28. The zero-order valence-electron chi connectivity index (χ0n) is 29.4. The highest BCUT2D eigenvalue weighted by molar-refractivity contribution is 6.04. The van der Waals surface area contributed by atoms with E-state index in [2.05, 4.69) is 74.5 Å². The third-order valence-corrected chi connectivity index (χ3v) is 9.37. The van der Waals surface area contributed by atoms with Crippen LogP contribution in [0.5, 0.6) is 11.5 Å². The van der Waals surface area contributed by atoms with Gasteiger partial charge in [-0.05, 0) is 105 Å². The average molecular weight is 646 g/mol. The van der Waals surface area contributed by atoms with Gasteiger partial charge in [-0.3, -0.25) is 4.79 Å². The number of aromatic hydroxyl groups is 2. The number of hydrogen-bond acceptors (Lipinski definition) is 4. The van der Waals surface area contributed by atoms with Gasteiger partial charge in [-0.1, -0.05) is 76.2 Å². The summed E-state index contributed by atoms with van der Waals surface area (Å²) in [6, 6.07) is 26.5. The van der Waals surface area contributed by atoms with Gasteiger partial charge in [0.2, 0.25) is 0 Å². The second kappa shape index (κ2) is 15.6. The van der Waals surface area contributed by atoms with Gasteiger partial charge in [0.1, 0.15) is 11.5 Å². The monoisotopic (exact) mass is 645 g/mol. The molecule has 0 fully saturated rings. The molecule has 5 aromatic rings. The largest absolute Gasteiger partial charge is 0.507 e. The molecule has 5 rings (SSSR count). The number of phenolic OH excluding ortho intramolecular Hbond substituents is 2. The molecule has 0 aliphatic heterocycles. The molecule has 1 heterocycles. The summed E-state index contributed by atoms with van der Waals surface area (Å²) in [5.74, 6) is 0.766. The Morgan fingerprint density at radius 2 is 1.52 bits per heavy atom. The van der Waals surface area contributed by atoms with E-state index in [9.17, 15) is 15.0 Å². The first kappa shape index (κ1) is 34.8. The molecule has 0 radical (unpaired) electrons. The Hall–Kier alpha value is -4.55. The first-order valence-electron chi connectivity index (χ1n) is 17.4. The number of rotatable bonds is 14. The number of aryl methyl sites for hydroxylation is 1. The second-order valence-corrected chi connectivity index (χ2v) is 13.8. The summed E-state index contributed by atoms with van der Waals surface area (Å²) in [6.45, 7) is 18.2. The van der Waals surface area contributed by atoms with Crippen molar-refractivity contribution in [2.45, 2.75) is 67.3 Å². The van der Waals surface area contributed by atoms with Crippen LogP contribution < -0.4 is 5.32 Å². The summed E-state index contributed by atoms with van der Waals surface area (Å²) in [5.41, 5.74) is 8.18. The number of phenols is 2. The van der Waals surface area contributed by atoms with Crippen molar-refractivity contribution in [1.29, 1.82) is 0 Å². The maximum absolute atomic E-state index is 13.0. The van der Waals surface area contributed by atoms with Crippen molar-refractivity contribution in [1.82, 2.24) is 9.47 Å². The molecular formula is C42H51N3O3. The molecule has 48 heavy (non-hydrogen) atoms. The summed E-state index contributed by atoms with van der Waals surface area (Å²) in [5, 5.41) is 25.3. The fraction of sp³-hybridized carbons (Fsp3) is 0.357. The lowest BCUT2D eigenvalue weighted by atomic mass is 10.0. The Bertz CT molecular complexity index is 1820. The topological polar surface area (TPSA) is 77.7 Å². The third-order valence-electron chi connectivity index (χ3n) is 9.37. The molecule has 6 heteroatoms. The van der Waals surface area contributed by atoms with Crippen molar-refractivity contribution >= 4 is 22.5 Å². The highest BCUT2D eigenvalue weighted by Crippen LogP contribution is 2.39. The van der Waals surface area contributed by atoms with Crippen LogP contribution in [0.3, 0.4) is 0 Å². The minimum atomic E-state index is -0.311. The van der Waals surface area contributed by atoms with E-state index in [1.54, 1.807) is 0 Å². The number of carbonyl (C=O) groups is 1. The number of hydrogen-bond donors (Lipinski definition) is 3. The van der Waals surface area contributed by atoms with Crippen LogP contribution in [-0.4, -0.2) is 45.2 Å². The third kappa shape index (κ3) is 8.29. The van der Waals surface area contributed by atoms with Gasteiger partial charge in [0.15, 0.2) is 0 Å². The molecule has 0 saturated carbocycles. The summed E-state index contributed by atoms with van der Waals surface area (Å²) in [4.78, 5) is 15.7. The zero-order valence-corrected chi connectivity index (χ0v) is 29.4. The Balaban J connectivity index is 1.24. The highest BCUT2D eigenvalue weighted by Gasteiger charge is 2.17. The summed E-state index contributed by atoms with van der Waals surface area (Å²) in [6.07, 6.45) is 3.20. The fourth-order valence-electron chi connectivity index (χ4n) is 6.70. The van der Waals surface area contributed by atoms with E-state index in [0.717, 1.165) is 37.5 Å². The Morgan fingerprint density at radius 1 is 0.854 bits per heavy atom. The first-order chi connectivity index (χ1) is 23.0. The molecule has 6 nitrogen and oxygen atoms in total. The van der Waals surface area contributed by atoms with E-state index in [4.69, 9.17) is 0 Å². The normalized spacial score (nSPS) is 12.2. The van der Waals surface area contributed by atoms with Crippen LogP contribution in [0.4, 0.5) is 5.69 Å². The molecule has 0 aliphatic carbocycles. The predicted molar refractivity (Wildman–Crippen MR) is 199 cm³/mol. The number of nitrogens with one attached hydrogen (secondary N) is 1. The molecule has 0 saturated heterocycles. The number of fused-ring (bicyclic) bond motifs is 1. The van der Waals surface area contributed by atoms with Gasteiger partial charge >= 0.3 is 0 Å². The van der Waals surface area contributed by atoms with Gasteiger partial charge in [0.25, 0.3) is 5.91 Å². The number of carbonyl (C=O) groups excluding carboxylic acids is 1. The maximum Gasteiger partial charge on any atom is 0.255 e. The lowest BCUT2D eigenvalue weighted by Gasteiger charge is -2.27. The van der Waals surface area contributed by atoms with Gasteiger partial charge < -0.3 is 25.0 Å². The molecule has 3 N–H and O–H groups in total. The van der Waals surface area contributed by atoms with Crippen molar-refractivity contribution in [3.63, 3.8) is 0 Å². The van der Waals surface area contributed by atoms with Crippen LogP contribution in [0, 0.1) is 25.7 Å². The number of amides is 1. The van der Waals surface area contributed by atoms with E-state index < -0.39 is 0 Å². The molecule has 252 valence electrons. The summed E-state index contributed by atoms with van der Waals surface area (Å²) >= 11 is 0. The quantitative estimate of drug-likeness (QED) is 0.112. The molecule has 1 unspecified atom stereocenters. The van der Waals surface area contributed by atoms with Crippen LogP contribution in [0.15, 0.2) is 84.9 Å². The number of aromatic nitrogens is 1. The zero-order chi connectivity index (χ0) is 34.4. The van der Waals surface area contributed by atoms with Crippen molar-refractivity contribution in [3.05, 3.63) is 113 Å². The SMILES string of the molecule is CCCN(CCC(C)C)CC(C)Cn1c(C)c(C)c2cc(Cc3ccc(C(=O)Nc4cc(O)c(-c5ccccc5)c(O)c4)cc3)ccc21. The second-order valence-electron chi connectivity index (χ2n) is 13.8. The molecule has 1 aromatic heterocycles. The van der Waals surface area contributed by atoms with Gasteiger partial charge in [0.05, 0.1) is 5.56 Å². The van der Waals surface area contributed by atoms with Crippen LogP contribution in [-0.2, 0) is 13.0 Å². The maximum atomic E-state index is 13.0. The standard InChI is InChI=1S/C42H51N3O3/c1-7-20-44(21-19-28(2)3)26-29(4)27-45-31(6)30(5)37-23-33(15-18-38(37)45)22-32-13-16-35(17-14-32)42(48)43-36-24-39(46)41(40(47)25-36)34-11-9-8-10-12-34/h8-18,23-25,28-29,46-47H,7,19-22,26-27H2,1-6H3,(H,43,48). The summed E-state index contributed by atoms with van der Waals surface area (Å²) in [7, 11) is 0. The van der Waals surface area contributed by atoms with E-state index in [1.165, 1.54) is 59.2 Å². The van der Waals surface area contributed by atoms with Crippen molar-refractivity contribution in [3.8, 4) is 22.6 Å². The minimum Gasteiger partial charge on any atom is -0.507 e. The lowest BCUT2D eigenvalue weighted by Crippen LogP contribution is -2.32. The van der Waals surface area contributed by atoms with Crippen LogP contribution in [0.1, 0.15) is 73.3 Å². The minimum absolute atomic E-state index is 0.102. The van der Waals surface area contributed by atoms with E-state index >= 15 is 0 Å². The van der Waals surface area contributed by atoms with Gasteiger partial charge in [-0.2, -0.15) is 0 Å². The van der Waals surface area contributed by atoms with Gasteiger partial charge in [-0.25, -0.2) is 0 Å². The van der Waals surface area contributed by atoms with Gasteiger partial charge in [-0.15, -0.1) is 0 Å². The molecule has 1 atom stereocenters. The lowest BCUT2D eigenvalue weighted by molar-refractivity contribution is 0.102. The first-order valence-corrected chi connectivity index (χ1v) is 17.4. The predicted octanol–water partition coefficient (Wildman–Crippen LogP) is 9.57. The van der Waals surface area contributed by atoms with Crippen molar-refractivity contribution in [2.24, 2.45) is 11.8 Å². The molecule has 4 aromatic carbocycles. The van der Waals surface area contributed by atoms with Crippen LogP contribution in [0.2, 0.25) is 0 Å². The van der Waals surface area contributed by atoms with E-state index in [0.29, 0.717) is 28.3 Å². The number of anilines is 1. The molecular weight excluding hydrogens is 594 g/mol. The van der Waals surface area contributed by atoms with Crippen molar-refractivity contribution < 1.29 is 15.0 Å².